The van der Waals surface area contributed by atoms with Crippen molar-refractivity contribution < 1.29 is 4.79 Å². The smallest absolute Gasteiger partial charge is 0.155 e. The van der Waals surface area contributed by atoms with E-state index in [1.54, 1.807) is 0 Å². The summed E-state index contributed by atoms with van der Waals surface area (Å²) in [6.45, 7) is 6.68. The fourth-order valence-electron chi connectivity index (χ4n) is 1.77. The molecule has 0 saturated carbocycles. The van der Waals surface area contributed by atoms with Gasteiger partial charge in [-0.05, 0) is 37.2 Å². The molecule has 1 aliphatic rings. The van der Waals surface area contributed by atoms with E-state index in [1.807, 2.05) is 6.08 Å². The lowest BCUT2D eigenvalue weighted by atomic mass is 9.87. The predicted octanol–water partition coefficient (Wildman–Crippen LogP) is 3.35. The summed E-state index contributed by atoms with van der Waals surface area (Å²) in [5.74, 6) is 1.55. The number of carbonyl (C=O) groups excluding carboxylic acids is 1. The molecule has 0 aromatic rings. The van der Waals surface area contributed by atoms with E-state index in [9.17, 15) is 4.79 Å². The average molecular weight is 180 g/mol. The molecule has 1 unspecified atom stereocenters. The molecule has 0 N–H and O–H groups in total. The molecule has 0 aromatic heterocycles. The van der Waals surface area contributed by atoms with Crippen LogP contribution >= 0.6 is 0 Å². The highest BCUT2D eigenvalue weighted by Crippen LogP contribution is 2.26. The highest BCUT2D eigenvalue weighted by Gasteiger charge is 2.16. The highest BCUT2D eigenvalue weighted by molar-refractivity contribution is 5.90. The van der Waals surface area contributed by atoms with Crippen LogP contribution < -0.4 is 0 Å². The quantitative estimate of drug-likeness (QED) is 0.637. The first-order chi connectivity index (χ1) is 6.11. The first-order valence-electron chi connectivity index (χ1n) is 5.34. The molecular weight excluding hydrogens is 160 g/mol. The Labute approximate surface area is 81.2 Å². The van der Waals surface area contributed by atoms with Crippen LogP contribution in [0.1, 0.15) is 46.5 Å². The second-order valence-electron chi connectivity index (χ2n) is 4.43. The maximum absolute atomic E-state index is 11.3. The molecule has 0 saturated heterocycles. The summed E-state index contributed by atoms with van der Waals surface area (Å²) < 4.78 is 0. The maximum Gasteiger partial charge on any atom is 0.155 e. The highest BCUT2D eigenvalue weighted by atomic mass is 16.1. The Kier molecular flexibility index (Phi) is 3.71. The third kappa shape index (κ3) is 2.98. The van der Waals surface area contributed by atoms with Gasteiger partial charge in [-0.25, -0.2) is 0 Å². The Balaban J connectivity index is 2.70. The number of carbonyl (C=O) groups is 1. The van der Waals surface area contributed by atoms with Gasteiger partial charge in [0.2, 0.25) is 0 Å². The summed E-state index contributed by atoms with van der Waals surface area (Å²) in [5, 5.41) is 0. The van der Waals surface area contributed by atoms with Gasteiger partial charge in [0.15, 0.2) is 5.78 Å². The monoisotopic (exact) mass is 180 g/mol. The normalized spacial score (nSPS) is 21.2. The Bertz CT molecular complexity index is 213. The van der Waals surface area contributed by atoms with Gasteiger partial charge >= 0.3 is 0 Å². The minimum atomic E-state index is 0.333. The fourth-order valence-corrected chi connectivity index (χ4v) is 1.77. The van der Waals surface area contributed by atoms with Crippen molar-refractivity contribution >= 4 is 5.78 Å². The lowest BCUT2D eigenvalue weighted by Gasteiger charge is -2.18. The van der Waals surface area contributed by atoms with Crippen LogP contribution in [0.2, 0.25) is 0 Å². The first kappa shape index (κ1) is 10.5. The van der Waals surface area contributed by atoms with Crippen molar-refractivity contribution in [3.8, 4) is 0 Å². The zero-order chi connectivity index (χ0) is 9.84. The topological polar surface area (TPSA) is 17.1 Å². The van der Waals surface area contributed by atoms with Crippen LogP contribution in [-0.4, -0.2) is 5.78 Å². The maximum atomic E-state index is 11.3. The van der Waals surface area contributed by atoms with Gasteiger partial charge in [0, 0.05) is 6.42 Å². The molecule has 0 amide bonds. The van der Waals surface area contributed by atoms with Crippen molar-refractivity contribution in [2.45, 2.75) is 46.5 Å². The standard InChI is InChI=1S/C12H20O/c1-9(2)10(3)11-6-4-5-7-12(13)8-11/h8-10H,4-7H2,1-3H3. The van der Waals surface area contributed by atoms with Gasteiger partial charge in [0.05, 0.1) is 0 Å². The van der Waals surface area contributed by atoms with E-state index < -0.39 is 0 Å². The van der Waals surface area contributed by atoms with E-state index >= 15 is 0 Å². The number of rotatable bonds is 2. The van der Waals surface area contributed by atoms with Gasteiger partial charge < -0.3 is 0 Å². The summed E-state index contributed by atoms with van der Waals surface area (Å²) >= 11 is 0. The molecule has 13 heavy (non-hydrogen) atoms. The lowest BCUT2D eigenvalue weighted by molar-refractivity contribution is -0.114. The minimum Gasteiger partial charge on any atom is -0.295 e. The number of hydrogen-bond donors (Lipinski definition) is 0. The van der Waals surface area contributed by atoms with Crippen molar-refractivity contribution in [2.75, 3.05) is 0 Å². The minimum absolute atomic E-state index is 0.333. The largest absolute Gasteiger partial charge is 0.295 e. The summed E-state index contributed by atoms with van der Waals surface area (Å²) in [6, 6.07) is 0. The molecular formula is C12H20O. The van der Waals surface area contributed by atoms with Gasteiger partial charge in [-0.15, -0.1) is 0 Å². The number of hydrogen-bond acceptors (Lipinski definition) is 1. The van der Waals surface area contributed by atoms with E-state index in [4.69, 9.17) is 0 Å². The Morgan fingerprint density at radius 3 is 2.38 bits per heavy atom. The van der Waals surface area contributed by atoms with Crippen LogP contribution in [0, 0.1) is 11.8 Å². The summed E-state index contributed by atoms with van der Waals surface area (Å²) in [6.07, 6.45) is 6.05. The van der Waals surface area contributed by atoms with Crippen molar-refractivity contribution in [1.29, 1.82) is 0 Å². The van der Waals surface area contributed by atoms with Crippen molar-refractivity contribution in [3.63, 3.8) is 0 Å². The zero-order valence-corrected chi connectivity index (χ0v) is 8.97. The van der Waals surface area contributed by atoms with Crippen LogP contribution in [0.4, 0.5) is 0 Å². The molecule has 0 fully saturated rings. The third-order valence-electron chi connectivity index (χ3n) is 3.07. The lowest BCUT2D eigenvalue weighted by Crippen LogP contribution is -2.08. The van der Waals surface area contributed by atoms with Crippen LogP contribution in [0.3, 0.4) is 0 Å². The van der Waals surface area contributed by atoms with Gasteiger partial charge in [0.25, 0.3) is 0 Å². The number of allylic oxidation sites excluding steroid dienone is 2. The average Bonchev–Trinajstić information content (AvgIpc) is 2.28. The van der Waals surface area contributed by atoms with Gasteiger partial charge in [0.1, 0.15) is 0 Å². The molecule has 0 heterocycles. The molecule has 1 rings (SSSR count). The van der Waals surface area contributed by atoms with Crippen LogP contribution in [0.5, 0.6) is 0 Å². The second-order valence-corrected chi connectivity index (χ2v) is 4.43. The van der Waals surface area contributed by atoms with E-state index in [1.165, 1.54) is 12.0 Å². The van der Waals surface area contributed by atoms with Gasteiger partial charge in [-0.1, -0.05) is 26.3 Å². The van der Waals surface area contributed by atoms with Crippen LogP contribution in [0.15, 0.2) is 11.6 Å². The molecule has 0 bridgehead atoms. The Morgan fingerprint density at radius 2 is 1.77 bits per heavy atom. The van der Waals surface area contributed by atoms with Crippen LogP contribution in [-0.2, 0) is 4.79 Å². The first-order valence-corrected chi connectivity index (χ1v) is 5.34. The van der Waals surface area contributed by atoms with Crippen molar-refractivity contribution in [2.24, 2.45) is 11.8 Å². The van der Waals surface area contributed by atoms with Crippen molar-refractivity contribution in [1.82, 2.24) is 0 Å². The van der Waals surface area contributed by atoms with Crippen molar-refractivity contribution in [3.05, 3.63) is 11.6 Å². The summed E-state index contributed by atoms with van der Waals surface area (Å²) in [7, 11) is 0. The van der Waals surface area contributed by atoms with E-state index in [0.717, 1.165) is 19.3 Å². The molecule has 1 heteroatoms. The van der Waals surface area contributed by atoms with E-state index in [0.29, 0.717) is 17.6 Å². The van der Waals surface area contributed by atoms with Gasteiger partial charge in [-0.3, -0.25) is 4.79 Å². The molecule has 1 aliphatic carbocycles. The molecule has 0 aliphatic heterocycles. The third-order valence-corrected chi connectivity index (χ3v) is 3.07. The Morgan fingerprint density at radius 1 is 1.15 bits per heavy atom. The van der Waals surface area contributed by atoms with E-state index in [-0.39, 0.29) is 0 Å². The molecule has 0 aromatic carbocycles. The second kappa shape index (κ2) is 4.59. The zero-order valence-electron chi connectivity index (χ0n) is 8.97. The van der Waals surface area contributed by atoms with Crippen LogP contribution in [0.25, 0.3) is 0 Å². The molecule has 0 radical (unpaired) electrons. The molecule has 1 nitrogen and oxygen atoms in total. The molecule has 0 spiro atoms. The SMILES string of the molecule is CC(C)C(C)C1=CC(=O)CCCC1. The summed E-state index contributed by atoms with van der Waals surface area (Å²) in [4.78, 5) is 11.3. The molecule has 74 valence electrons. The predicted molar refractivity (Wildman–Crippen MR) is 55.6 cm³/mol. The Hall–Kier alpha value is -0.590. The fraction of sp³-hybridized carbons (Fsp3) is 0.750. The van der Waals surface area contributed by atoms with Gasteiger partial charge in [-0.2, -0.15) is 0 Å². The molecule has 1 atom stereocenters. The van der Waals surface area contributed by atoms with E-state index in [2.05, 4.69) is 20.8 Å². The summed E-state index contributed by atoms with van der Waals surface area (Å²) in [5.41, 5.74) is 1.37. The number of ketones is 1.